The minimum absolute atomic E-state index is 0.0862. The van der Waals surface area contributed by atoms with Crippen LogP contribution in [0.3, 0.4) is 0 Å². The number of carbonyl (C=O) groups is 1. The Morgan fingerprint density at radius 2 is 2.07 bits per heavy atom. The Morgan fingerprint density at radius 1 is 1.47 bits per heavy atom. The van der Waals surface area contributed by atoms with E-state index in [9.17, 15) is 9.90 Å². The van der Waals surface area contributed by atoms with Gasteiger partial charge in [-0.05, 0) is 12.6 Å². The summed E-state index contributed by atoms with van der Waals surface area (Å²) in [5.41, 5.74) is -0.488. The summed E-state index contributed by atoms with van der Waals surface area (Å²) in [7, 11) is 3.10. The molecule has 1 atom stereocenters. The lowest BCUT2D eigenvalue weighted by atomic mass is 9.91. The first-order valence-electron chi connectivity index (χ1n) is 4.64. The second-order valence-corrected chi connectivity index (χ2v) is 3.26. The first-order chi connectivity index (χ1) is 7.17. The number of nitrogens with one attached hydrogen (secondary N) is 1. The van der Waals surface area contributed by atoms with Crippen LogP contribution in [0.4, 0.5) is 0 Å². The van der Waals surface area contributed by atoms with Crippen LogP contribution in [-0.4, -0.2) is 31.8 Å². The summed E-state index contributed by atoms with van der Waals surface area (Å²) in [6.45, 7) is 0.0862. The van der Waals surface area contributed by atoms with Crippen LogP contribution in [0.2, 0.25) is 0 Å². The molecule has 0 aliphatic carbocycles. The van der Waals surface area contributed by atoms with E-state index in [1.165, 1.54) is 7.11 Å². The quantitative estimate of drug-likeness (QED) is 0.754. The Balaban J connectivity index is 3.15. The van der Waals surface area contributed by atoms with Crippen LogP contribution < -0.4 is 5.32 Å². The van der Waals surface area contributed by atoms with Crippen molar-refractivity contribution in [3.05, 3.63) is 35.9 Å². The maximum atomic E-state index is 11.3. The number of likely N-dealkylation sites (N-methyl/N-ethyl adjacent to an activating group) is 1. The number of methoxy groups -OCH3 is 1. The van der Waals surface area contributed by atoms with E-state index >= 15 is 0 Å². The largest absolute Gasteiger partial charge is 0.480 e. The number of carboxylic acid groups (broad SMARTS) is 1. The number of benzene rings is 1. The summed E-state index contributed by atoms with van der Waals surface area (Å²) in [4.78, 5) is 11.3. The molecule has 0 amide bonds. The first-order valence-corrected chi connectivity index (χ1v) is 4.64. The highest BCUT2D eigenvalue weighted by Gasteiger charge is 2.38. The molecule has 15 heavy (non-hydrogen) atoms. The van der Waals surface area contributed by atoms with Crippen molar-refractivity contribution in [3.8, 4) is 0 Å². The number of rotatable bonds is 5. The molecule has 1 unspecified atom stereocenters. The fourth-order valence-corrected chi connectivity index (χ4v) is 1.53. The van der Waals surface area contributed by atoms with Crippen LogP contribution in [0.5, 0.6) is 0 Å². The Hall–Kier alpha value is -1.39. The summed E-state index contributed by atoms with van der Waals surface area (Å²) >= 11 is 0. The van der Waals surface area contributed by atoms with Crippen molar-refractivity contribution in [2.24, 2.45) is 0 Å². The van der Waals surface area contributed by atoms with E-state index in [0.717, 1.165) is 0 Å². The van der Waals surface area contributed by atoms with Crippen molar-refractivity contribution in [2.75, 3.05) is 20.8 Å². The number of ether oxygens (including phenoxy) is 1. The monoisotopic (exact) mass is 209 g/mol. The summed E-state index contributed by atoms with van der Waals surface area (Å²) in [6, 6.07) is 8.99. The highest BCUT2D eigenvalue weighted by atomic mass is 16.5. The smallest absolute Gasteiger partial charge is 0.330 e. The molecule has 4 heteroatoms. The number of carboxylic acids is 1. The molecule has 1 aromatic rings. The van der Waals surface area contributed by atoms with Gasteiger partial charge < -0.3 is 9.84 Å². The van der Waals surface area contributed by atoms with Crippen molar-refractivity contribution in [1.82, 2.24) is 5.32 Å². The lowest BCUT2D eigenvalue weighted by Gasteiger charge is -2.28. The third-order valence-corrected chi connectivity index (χ3v) is 2.42. The second-order valence-electron chi connectivity index (χ2n) is 3.26. The molecule has 0 heterocycles. The minimum Gasteiger partial charge on any atom is -0.480 e. The molecule has 0 bridgehead atoms. The maximum absolute atomic E-state index is 11.3. The van der Waals surface area contributed by atoms with E-state index in [1.807, 2.05) is 6.07 Å². The predicted octanol–water partition coefficient (Wildman–Crippen LogP) is 0.832. The van der Waals surface area contributed by atoms with Crippen molar-refractivity contribution in [2.45, 2.75) is 5.54 Å². The van der Waals surface area contributed by atoms with Gasteiger partial charge in [-0.15, -0.1) is 0 Å². The minimum atomic E-state index is -1.17. The average molecular weight is 209 g/mol. The van der Waals surface area contributed by atoms with Gasteiger partial charge in [-0.25, -0.2) is 4.79 Å². The summed E-state index contributed by atoms with van der Waals surface area (Å²) in [6.07, 6.45) is 0. The highest BCUT2D eigenvalue weighted by molar-refractivity contribution is 5.81. The van der Waals surface area contributed by atoms with Crippen LogP contribution in [0, 0.1) is 0 Å². The standard InChI is InChI=1S/C11H15NO3/c1-12-11(8-15-2,10(13)14)9-6-4-3-5-7-9/h3-7,12H,8H2,1-2H3,(H,13,14). The van der Waals surface area contributed by atoms with Crippen molar-refractivity contribution in [1.29, 1.82) is 0 Å². The predicted molar refractivity (Wildman–Crippen MR) is 56.7 cm³/mol. The molecule has 0 saturated carbocycles. The lowest BCUT2D eigenvalue weighted by molar-refractivity contribution is -0.147. The maximum Gasteiger partial charge on any atom is 0.330 e. The van der Waals surface area contributed by atoms with Crippen molar-refractivity contribution in [3.63, 3.8) is 0 Å². The first kappa shape index (κ1) is 11.7. The Bertz CT molecular complexity index is 326. The summed E-state index contributed by atoms with van der Waals surface area (Å²) in [5, 5.41) is 12.1. The molecule has 0 spiro atoms. The topological polar surface area (TPSA) is 58.6 Å². The van der Waals surface area contributed by atoms with E-state index in [0.29, 0.717) is 5.56 Å². The Morgan fingerprint density at radius 3 is 2.47 bits per heavy atom. The third kappa shape index (κ3) is 2.16. The fourth-order valence-electron chi connectivity index (χ4n) is 1.53. The van der Waals surface area contributed by atoms with Crippen LogP contribution in [-0.2, 0) is 15.1 Å². The van der Waals surface area contributed by atoms with Gasteiger partial charge in [-0.1, -0.05) is 30.3 Å². The number of hydrogen-bond donors (Lipinski definition) is 2. The van der Waals surface area contributed by atoms with Gasteiger partial charge in [0.2, 0.25) is 0 Å². The molecule has 0 aliphatic heterocycles. The molecule has 2 N–H and O–H groups in total. The van der Waals surface area contributed by atoms with Gasteiger partial charge >= 0.3 is 5.97 Å². The van der Waals surface area contributed by atoms with Crippen LogP contribution in [0.1, 0.15) is 5.56 Å². The molecule has 4 nitrogen and oxygen atoms in total. The number of hydrogen-bond acceptors (Lipinski definition) is 3. The van der Waals surface area contributed by atoms with E-state index in [4.69, 9.17) is 4.74 Å². The van der Waals surface area contributed by atoms with Gasteiger partial charge in [0.25, 0.3) is 0 Å². The van der Waals surface area contributed by atoms with E-state index < -0.39 is 11.5 Å². The Kier molecular flexibility index (Phi) is 3.82. The van der Waals surface area contributed by atoms with Gasteiger partial charge in [-0.3, -0.25) is 5.32 Å². The zero-order valence-corrected chi connectivity index (χ0v) is 8.86. The highest BCUT2D eigenvalue weighted by Crippen LogP contribution is 2.21. The fraction of sp³-hybridized carbons (Fsp3) is 0.364. The molecule has 0 aromatic heterocycles. The van der Waals surface area contributed by atoms with Gasteiger partial charge in [0.15, 0.2) is 5.54 Å². The molecule has 0 aliphatic rings. The second kappa shape index (κ2) is 4.91. The van der Waals surface area contributed by atoms with Crippen LogP contribution in [0.15, 0.2) is 30.3 Å². The molecule has 82 valence electrons. The molecule has 0 radical (unpaired) electrons. The lowest BCUT2D eigenvalue weighted by Crippen LogP contribution is -2.50. The van der Waals surface area contributed by atoms with Crippen LogP contribution >= 0.6 is 0 Å². The van der Waals surface area contributed by atoms with E-state index in [1.54, 1.807) is 31.3 Å². The summed E-state index contributed by atoms with van der Waals surface area (Å²) < 4.78 is 4.97. The molecular formula is C11H15NO3. The van der Waals surface area contributed by atoms with E-state index in [-0.39, 0.29) is 6.61 Å². The van der Waals surface area contributed by atoms with Gasteiger partial charge in [0.1, 0.15) is 0 Å². The van der Waals surface area contributed by atoms with Gasteiger partial charge in [-0.2, -0.15) is 0 Å². The van der Waals surface area contributed by atoms with Gasteiger partial charge in [0, 0.05) is 7.11 Å². The Labute approximate surface area is 88.9 Å². The molecule has 0 fully saturated rings. The molecule has 1 rings (SSSR count). The summed E-state index contributed by atoms with van der Waals surface area (Å²) in [5.74, 6) is -0.946. The zero-order valence-electron chi connectivity index (χ0n) is 8.86. The van der Waals surface area contributed by atoms with Crippen molar-refractivity contribution >= 4 is 5.97 Å². The average Bonchev–Trinajstić information content (AvgIpc) is 2.26. The molecule has 1 aromatic carbocycles. The molecule has 0 saturated heterocycles. The number of aliphatic carboxylic acids is 1. The van der Waals surface area contributed by atoms with E-state index in [2.05, 4.69) is 5.32 Å². The SMILES string of the molecule is CNC(COC)(C(=O)O)c1ccccc1. The third-order valence-electron chi connectivity index (χ3n) is 2.42. The normalized spacial score (nSPS) is 14.5. The van der Waals surface area contributed by atoms with Crippen molar-refractivity contribution < 1.29 is 14.6 Å². The van der Waals surface area contributed by atoms with Crippen LogP contribution in [0.25, 0.3) is 0 Å². The molecular weight excluding hydrogens is 194 g/mol. The van der Waals surface area contributed by atoms with Gasteiger partial charge in [0.05, 0.1) is 6.61 Å². The zero-order chi connectivity index (χ0) is 11.3.